The molecular weight excluding hydrogens is 613 g/mol. The highest BCUT2D eigenvalue weighted by Gasteiger charge is 2.43. The minimum Gasteiger partial charge on any atom is -0.446 e. The maximum atomic E-state index is 13.8. The second-order valence-corrected chi connectivity index (χ2v) is 10.0. The average molecular weight is 642 g/mol. The molecule has 0 bridgehead atoms. The van der Waals surface area contributed by atoms with Crippen LogP contribution in [0.1, 0.15) is 67.7 Å². The number of halogens is 9. The van der Waals surface area contributed by atoms with Crippen LogP contribution in [0.5, 0.6) is 0 Å². The third-order valence-electron chi connectivity index (χ3n) is 6.54. The molecule has 3 rings (SSSR count). The van der Waals surface area contributed by atoms with Gasteiger partial charge in [0.15, 0.2) is 0 Å². The lowest BCUT2D eigenvalue weighted by Crippen LogP contribution is -2.50. The Morgan fingerprint density at radius 3 is 2.11 bits per heavy atom. The fourth-order valence-corrected chi connectivity index (χ4v) is 4.68. The van der Waals surface area contributed by atoms with Crippen LogP contribution < -0.4 is 10.6 Å². The lowest BCUT2D eigenvalue weighted by molar-refractivity contribution is -0.143. The Labute approximate surface area is 245 Å². The van der Waals surface area contributed by atoms with Crippen LogP contribution in [0.15, 0.2) is 45.8 Å². The number of carbonyl (C=O) groups excluding carboxylic acids is 1. The summed E-state index contributed by atoms with van der Waals surface area (Å²) >= 11 is 0. The number of amides is 1. The van der Waals surface area contributed by atoms with Crippen LogP contribution in [-0.4, -0.2) is 41.1 Å². The zero-order chi connectivity index (χ0) is 33.2. The normalized spacial score (nSPS) is 18.1. The van der Waals surface area contributed by atoms with E-state index < -0.39 is 77.7 Å². The first kappa shape index (κ1) is 34.4. The van der Waals surface area contributed by atoms with Crippen molar-refractivity contribution in [2.24, 2.45) is 21.2 Å². The van der Waals surface area contributed by atoms with Crippen LogP contribution in [0.25, 0.3) is 0 Å². The first-order chi connectivity index (χ1) is 20.3. The number of alkyl halides is 9. The molecule has 2 heterocycles. The number of nitrogens with two attached hydrogens (primary N) is 1. The van der Waals surface area contributed by atoms with E-state index >= 15 is 0 Å². The number of guanidine groups is 1. The predicted octanol–water partition coefficient (Wildman–Crippen LogP) is 7.53. The number of anilines is 1. The number of rotatable bonds is 6. The number of hydrogen-bond acceptors (Lipinski definition) is 5. The summed E-state index contributed by atoms with van der Waals surface area (Å²) in [7, 11) is 1.20. The summed E-state index contributed by atoms with van der Waals surface area (Å²) in [4.78, 5) is 18.9. The van der Waals surface area contributed by atoms with Gasteiger partial charge in [0.1, 0.15) is 5.69 Å². The third kappa shape index (κ3) is 7.88. The van der Waals surface area contributed by atoms with Crippen molar-refractivity contribution >= 4 is 17.7 Å². The molecule has 1 aromatic heterocycles. The fraction of sp³-hybridized carbons (Fsp3) is 0.500. The highest BCUT2D eigenvalue weighted by atomic mass is 19.4. The molecule has 2 atom stereocenters. The minimum atomic E-state index is -5.16. The summed E-state index contributed by atoms with van der Waals surface area (Å²) in [6, 6.07) is 0.389. The number of hydrogen-bond donors (Lipinski definition) is 1. The van der Waals surface area contributed by atoms with Gasteiger partial charge in [-0.05, 0) is 67.8 Å². The first-order valence-corrected chi connectivity index (χ1v) is 13.0. The Kier molecular flexibility index (Phi) is 10.0. The Hall–Kier alpha value is -4.12. The number of pyridine rings is 1. The summed E-state index contributed by atoms with van der Waals surface area (Å²) in [5, 5.41) is 10.4. The van der Waals surface area contributed by atoms with Crippen LogP contribution in [0.2, 0.25) is 0 Å². The van der Waals surface area contributed by atoms with E-state index in [1.165, 1.54) is 7.05 Å². The molecule has 9 nitrogen and oxygen atoms in total. The molecule has 0 saturated carbocycles. The van der Waals surface area contributed by atoms with Gasteiger partial charge in [-0.15, -0.1) is 0 Å². The lowest BCUT2D eigenvalue weighted by atomic mass is 9.91. The molecule has 2 aromatic rings. The predicted molar refractivity (Wildman–Crippen MR) is 139 cm³/mol. The van der Waals surface area contributed by atoms with Gasteiger partial charge in [-0.25, -0.2) is 9.78 Å². The number of ether oxygens (including phenoxy) is 1. The van der Waals surface area contributed by atoms with Gasteiger partial charge >= 0.3 is 24.6 Å². The monoisotopic (exact) mass is 641 g/mol. The Balaban J connectivity index is 2.29. The molecule has 18 heteroatoms. The SMILES string of the molecule is CCC1CC(N(Cc2cc(C(F)(F)F)cc(C(F)(F)F)c2)C(N)=NN=NC)c2nc(C(F)(F)F)ccc2N1C(=O)OC(C)C. The Morgan fingerprint density at radius 2 is 1.64 bits per heavy atom. The third-order valence-corrected chi connectivity index (χ3v) is 6.54. The van der Waals surface area contributed by atoms with Crippen LogP contribution in [0, 0.1) is 0 Å². The van der Waals surface area contributed by atoms with Crippen molar-refractivity contribution in [1.29, 1.82) is 0 Å². The van der Waals surface area contributed by atoms with Crippen molar-refractivity contribution < 1.29 is 49.0 Å². The second kappa shape index (κ2) is 12.9. The zero-order valence-corrected chi connectivity index (χ0v) is 23.7. The highest BCUT2D eigenvalue weighted by Crippen LogP contribution is 2.44. The molecule has 0 radical (unpaired) electrons. The quantitative estimate of drug-likeness (QED) is 0.115. The molecule has 0 fully saturated rings. The largest absolute Gasteiger partial charge is 0.446 e. The van der Waals surface area contributed by atoms with E-state index in [4.69, 9.17) is 10.5 Å². The van der Waals surface area contributed by atoms with Gasteiger partial charge < -0.3 is 15.4 Å². The van der Waals surface area contributed by atoms with Crippen molar-refractivity contribution in [2.75, 3.05) is 11.9 Å². The van der Waals surface area contributed by atoms with Crippen LogP contribution in [0.3, 0.4) is 0 Å². The van der Waals surface area contributed by atoms with Crippen LogP contribution in [-0.2, 0) is 29.8 Å². The van der Waals surface area contributed by atoms with E-state index in [0.29, 0.717) is 18.2 Å². The Bertz CT molecular complexity index is 1370. The molecule has 2 N–H and O–H groups in total. The summed E-state index contributed by atoms with van der Waals surface area (Å²) in [5.41, 5.74) is 0.444. The molecule has 1 aromatic carbocycles. The van der Waals surface area contributed by atoms with Crippen molar-refractivity contribution in [2.45, 2.75) is 76.9 Å². The van der Waals surface area contributed by atoms with E-state index in [0.717, 1.165) is 15.9 Å². The van der Waals surface area contributed by atoms with Crippen molar-refractivity contribution in [3.63, 3.8) is 0 Å². The second-order valence-electron chi connectivity index (χ2n) is 10.0. The maximum absolute atomic E-state index is 13.8. The molecule has 0 saturated heterocycles. The molecule has 0 aliphatic carbocycles. The molecule has 1 amide bonds. The van der Waals surface area contributed by atoms with Gasteiger partial charge in [0.25, 0.3) is 0 Å². The van der Waals surface area contributed by atoms with E-state index in [2.05, 4.69) is 20.4 Å². The van der Waals surface area contributed by atoms with Crippen molar-refractivity contribution in [1.82, 2.24) is 9.88 Å². The maximum Gasteiger partial charge on any atom is 0.433 e. The van der Waals surface area contributed by atoms with E-state index in [1.807, 2.05) is 0 Å². The standard InChI is InChI=1S/C26H28F9N7O2/c1-5-17-11-19(21-18(42(17)23(43)44-13(2)3)6-7-20(38-21)26(33,34)35)41(22(36)39-40-37-4)12-14-8-15(24(27,28)29)10-16(9-14)25(30,31)32/h6-10,13,17,19H,5,11-12H2,1-4H3,(H2,36,37,39). The fourth-order valence-electron chi connectivity index (χ4n) is 4.68. The molecular formula is C26H28F9N7O2. The van der Waals surface area contributed by atoms with E-state index in [9.17, 15) is 44.3 Å². The molecule has 242 valence electrons. The van der Waals surface area contributed by atoms with Crippen molar-refractivity contribution in [3.05, 3.63) is 58.4 Å². The molecule has 1 aliphatic rings. The molecule has 0 spiro atoms. The molecule has 1 aliphatic heterocycles. The van der Waals surface area contributed by atoms with Gasteiger partial charge in [-0.3, -0.25) is 4.90 Å². The van der Waals surface area contributed by atoms with Crippen LogP contribution in [0.4, 0.5) is 50.0 Å². The number of aromatic nitrogens is 1. The number of fused-ring (bicyclic) bond motifs is 1. The lowest BCUT2D eigenvalue weighted by Gasteiger charge is -2.43. The zero-order valence-electron chi connectivity index (χ0n) is 23.7. The van der Waals surface area contributed by atoms with Gasteiger partial charge in [-0.1, -0.05) is 12.0 Å². The average Bonchev–Trinajstić information content (AvgIpc) is 2.91. The molecule has 44 heavy (non-hydrogen) atoms. The van der Waals surface area contributed by atoms with E-state index in [-0.39, 0.29) is 30.3 Å². The van der Waals surface area contributed by atoms with Crippen molar-refractivity contribution in [3.8, 4) is 0 Å². The van der Waals surface area contributed by atoms with E-state index in [1.54, 1.807) is 20.8 Å². The van der Waals surface area contributed by atoms with Gasteiger partial charge in [0.05, 0.1) is 41.7 Å². The number of carbonyl (C=O) groups is 1. The minimum absolute atomic E-state index is 0.0605. The van der Waals surface area contributed by atoms with Gasteiger partial charge in [0, 0.05) is 12.6 Å². The van der Waals surface area contributed by atoms with Gasteiger partial charge in [-0.2, -0.15) is 44.6 Å². The van der Waals surface area contributed by atoms with Crippen LogP contribution >= 0.6 is 0 Å². The summed E-state index contributed by atoms with van der Waals surface area (Å²) < 4.78 is 128. The van der Waals surface area contributed by atoms with Gasteiger partial charge in [0.2, 0.25) is 5.96 Å². The summed E-state index contributed by atoms with van der Waals surface area (Å²) in [6.45, 7) is 3.98. The topological polar surface area (TPSA) is 109 Å². The molecule has 2 unspecified atom stereocenters. The highest BCUT2D eigenvalue weighted by molar-refractivity contribution is 5.90. The summed E-state index contributed by atoms with van der Waals surface area (Å²) in [5.74, 6) is -0.593. The summed E-state index contributed by atoms with van der Waals surface area (Å²) in [6.07, 6.45) is -16.8. The number of nitrogens with zero attached hydrogens (tertiary/aromatic N) is 6. The number of benzene rings is 1. The first-order valence-electron chi connectivity index (χ1n) is 13.0. The smallest absolute Gasteiger partial charge is 0.433 e. The Morgan fingerprint density at radius 1 is 1.05 bits per heavy atom.